The maximum Gasteiger partial charge on any atom is 0.243 e. The quantitative estimate of drug-likeness (QED) is 0.317. The molecule has 35 heavy (non-hydrogen) atoms. The molecular weight excluding hydrogens is 499 g/mol. The zero-order valence-electron chi connectivity index (χ0n) is 20.0. The molecule has 184 valence electrons. The summed E-state index contributed by atoms with van der Waals surface area (Å²) in [5.41, 5.74) is 3.95. The van der Waals surface area contributed by atoms with Gasteiger partial charge in [-0.3, -0.25) is 9.59 Å². The van der Waals surface area contributed by atoms with Crippen LogP contribution in [0.5, 0.6) is 0 Å². The number of benzene rings is 3. The van der Waals surface area contributed by atoms with Crippen LogP contribution in [0.25, 0.3) is 0 Å². The molecule has 0 aliphatic carbocycles. The van der Waals surface area contributed by atoms with E-state index in [1.54, 1.807) is 23.1 Å². The number of carbonyl (C=O) groups is 2. The Balaban J connectivity index is 1.87. The number of carbonyl (C=O) groups excluding carboxylic acids is 2. The van der Waals surface area contributed by atoms with Crippen molar-refractivity contribution in [3.8, 4) is 0 Å². The van der Waals surface area contributed by atoms with Crippen LogP contribution >= 0.6 is 35.0 Å². The number of nitrogens with one attached hydrogen (secondary N) is 1. The summed E-state index contributed by atoms with van der Waals surface area (Å²) in [6, 6.07) is 22.5. The van der Waals surface area contributed by atoms with Crippen molar-refractivity contribution in [3.05, 3.63) is 105 Å². The minimum Gasteiger partial charge on any atom is -0.355 e. The molecule has 0 bridgehead atoms. The molecule has 0 fully saturated rings. The number of aryl methyl sites for hydroxylation is 1. The topological polar surface area (TPSA) is 49.4 Å². The van der Waals surface area contributed by atoms with Crippen LogP contribution in [0.2, 0.25) is 10.0 Å². The molecule has 1 N–H and O–H groups in total. The summed E-state index contributed by atoms with van der Waals surface area (Å²) in [6.07, 6.45) is 0.392. The average molecular weight is 530 g/mol. The van der Waals surface area contributed by atoms with Gasteiger partial charge in [0.2, 0.25) is 11.8 Å². The van der Waals surface area contributed by atoms with Gasteiger partial charge >= 0.3 is 0 Å². The van der Waals surface area contributed by atoms with E-state index in [-0.39, 0.29) is 24.1 Å². The second-order valence-corrected chi connectivity index (χ2v) is 10.1. The lowest BCUT2D eigenvalue weighted by molar-refractivity contribution is -0.139. The number of nitrogens with zero attached hydrogens (tertiary/aromatic N) is 1. The molecule has 2 amide bonds. The van der Waals surface area contributed by atoms with Crippen molar-refractivity contribution in [1.29, 1.82) is 0 Å². The van der Waals surface area contributed by atoms with E-state index < -0.39 is 6.04 Å². The Labute approximate surface area is 222 Å². The molecule has 0 saturated carbocycles. The highest BCUT2D eigenvalue weighted by Gasteiger charge is 2.31. The maximum absolute atomic E-state index is 13.6. The number of thioether (sulfide) groups is 1. The highest BCUT2D eigenvalue weighted by Crippen LogP contribution is 2.28. The second kappa shape index (κ2) is 13.6. The second-order valence-electron chi connectivity index (χ2n) is 8.30. The summed E-state index contributed by atoms with van der Waals surface area (Å²) in [7, 11) is 0. The van der Waals surface area contributed by atoms with Crippen molar-refractivity contribution >= 4 is 46.8 Å². The van der Waals surface area contributed by atoms with Crippen molar-refractivity contribution < 1.29 is 9.59 Å². The highest BCUT2D eigenvalue weighted by molar-refractivity contribution is 7.99. The van der Waals surface area contributed by atoms with Crippen LogP contribution in [0, 0.1) is 6.92 Å². The van der Waals surface area contributed by atoms with Crippen LogP contribution in [0.4, 0.5) is 0 Å². The lowest BCUT2D eigenvalue weighted by Crippen LogP contribution is -2.51. The molecule has 1 unspecified atom stereocenters. The van der Waals surface area contributed by atoms with Crippen LogP contribution in [0.1, 0.15) is 29.2 Å². The van der Waals surface area contributed by atoms with Crippen LogP contribution in [-0.2, 0) is 28.3 Å². The summed E-state index contributed by atoms with van der Waals surface area (Å²) in [4.78, 5) is 28.4. The number of halogens is 2. The van der Waals surface area contributed by atoms with E-state index in [1.165, 1.54) is 17.3 Å². The van der Waals surface area contributed by atoms with Gasteiger partial charge in [-0.05, 0) is 37.1 Å². The smallest absolute Gasteiger partial charge is 0.243 e. The van der Waals surface area contributed by atoms with Gasteiger partial charge in [0, 0.05) is 40.9 Å². The highest BCUT2D eigenvalue weighted by atomic mass is 35.5. The van der Waals surface area contributed by atoms with E-state index in [9.17, 15) is 9.59 Å². The zero-order valence-corrected chi connectivity index (χ0v) is 22.3. The lowest BCUT2D eigenvalue weighted by atomic mass is 10.0. The molecule has 4 nitrogen and oxygen atoms in total. The Morgan fingerprint density at radius 2 is 1.60 bits per heavy atom. The first-order chi connectivity index (χ1) is 16.9. The number of hydrogen-bond donors (Lipinski definition) is 1. The molecule has 3 aromatic carbocycles. The molecule has 7 heteroatoms. The summed E-state index contributed by atoms with van der Waals surface area (Å²) >= 11 is 14.4. The fraction of sp³-hybridized carbons (Fsp3) is 0.286. The Morgan fingerprint density at radius 1 is 0.943 bits per heavy atom. The van der Waals surface area contributed by atoms with E-state index in [0.29, 0.717) is 34.3 Å². The Morgan fingerprint density at radius 3 is 2.26 bits per heavy atom. The van der Waals surface area contributed by atoms with Gasteiger partial charge in [-0.15, -0.1) is 11.8 Å². The summed E-state index contributed by atoms with van der Waals surface area (Å²) in [5.74, 6) is 0.613. The van der Waals surface area contributed by atoms with Gasteiger partial charge in [0.05, 0.1) is 5.75 Å². The molecular formula is C28H30Cl2N2O2S. The van der Waals surface area contributed by atoms with E-state index in [2.05, 4.69) is 30.4 Å². The first-order valence-corrected chi connectivity index (χ1v) is 13.5. The van der Waals surface area contributed by atoms with Crippen LogP contribution < -0.4 is 5.32 Å². The van der Waals surface area contributed by atoms with Crippen molar-refractivity contribution in [2.24, 2.45) is 0 Å². The van der Waals surface area contributed by atoms with Crippen molar-refractivity contribution in [2.45, 2.75) is 38.6 Å². The Bertz CT molecular complexity index is 1120. The predicted octanol–water partition coefficient (Wildman–Crippen LogP) is 6.31. The SMILES string of the molecule is CCNC(=O)C(Cc1ccccc1)N(Cc1c(Cl)cccc1Cl)C(=O)CSCc1cccc(C)c1. The number of amides is 2. The standard InChI is InChI=1S/C28H30Cl2N2O2S/c1-3-31-28(34)26(16-21-10-5-4-6-11-21)32(17-23-24(29)13-8-14-25(23)30)27(33)19-35-18-22-12-7-9-20(2)15-22/h4-15,26H,3,16-19H2,1-2H3,(H,31,34). The van der Waals surface area contributed by atoms with Gasteiger partial charge in [-0.1, -0.05) is 89.4 Å². The Kier molecular flexibility index (Phi) is 10.5. The number of rotatable bonds is 11. The minimum atomic E-state index is -0.697. The van der Waals surface area contributed by atoms with Gasteiger partial charge in [0.1, 0.15) is 6.04 Å². The summed E-state index contributed by atoms with van der Waals surface area (Å²) < 4.78 is 0. The number of hydrogen-bond acceptors (Lipinski definition) is 3. The summed E-state index contributed by atoms with van der Waals surface area (Å²) in [6.45, 7) is 4.54. The van der Waals surface area contributed by atoms with E-state index in [1.807, 2.05) is 43.3 Å². The molecule has 0 spiro atoms. The third kappa shape index (κ3) is 8.03. The molecule has 0 aliphatic rings. The fourth-order valence-corrected chi connectivity index (χ4v) is 5.22. The molecule has 0 heterocycles. The number of likely N-dealkylation sites (N-methyl/N-ethyl adjacent to an activating group) is 1. The first kappa shape index (κ1) is 27.1. The molecule has 0 saturated heterocycles. The minimum absolute atomic E-state index is 0.133. The van der Waals surface area contributed by atoms with Crippen molar-refractivity contribution in [3.63, 3.8) is 0 Å². The van der Waals surface area contributed by atoms with Crippen molar-refractivity contribution in [1.82, 2.24) is 10.2 Å². The van der Waals surface area contributed by atoms with Crippen molar-refractivity contribution in [2.75, 3.05) is 12.3 Å². The predicted molar refractivity (Wildman–Crippen MR) is 147 cm³/mol. The molecule has 3 rings (SSSR count). The van der Waals surface area contributed by atoms with Crippen LogP contribution in [0.15, 0.2) is 72.8 Å². The van der Waals surface area contributed by atoms with Gasteiger partial charge < -0.3 is 10.2 Å². The first-order valence-electron chi connectivity index (χ1n) is 11.6. The molecule has 0 radical (unpaired) electrons. The van der Waals surface area contributed by atoms with Crippen LogP contribution in [-0.4, -0.2) is 35.1 Å². The Hall–Kier alpha value is -2.47. The zero-order chi connectivity index (χ0) is 25.2. The maximum atomic E-state index is 13.6. The van der Waals surface area contributed by atoms with Crippen LogP contribution in [0.3, 0.4) is 0 Å². The monoisotopic (exact) mass is 528 g/mol. The largest absolute Gasteiger partial charge is 0.355 e. The molecule has 3 aromatic rings. The van der Waals surface area contributed by atoms with Gasteiger partial charge in [0.15, 0.2) is 0 Å². The normalized spacial score (nSPS) is 11.7. The average Bonchev–Trinajstić information content (AvgIpc) is 2.83. The fourth-order valence-electron chi connectivity index (χ4n) is 3.84. The third-order valence-corrected chi connectivity index (χ3v) is 7.29. The molecule has 1 atom stereocenters. The van der Waals surface area contributed by atoms with E-state index in [0.717, 1.165) is 11.1 Å². The summed E-state index contributed by atoms with van der Waals surface area (Å²) in [5, 5.41) is 3.84. The third-order valence-electron chi connectivity index (χ3n) is 5.59. The van der Waals surface area contributed by atoms with E-state index in [4.69, 9.17) is 23.2 Å². The molecule has 0 aromatic heterocycles. The molecule has 0 aliphatic heterocycles. The lowest BCUT2D eigenvalue weighted by Gasteiger charge is -2.32. The van der Waals surface area contributed by atoms with E-state index >= 15 is 0 Å². The van der Waals surface area contributed by atoms with Gasteiger partial charge in [-0.25, -0.2) is 0 Å². The van der Waals surface area contributed by atoms with Gasteiger partial charge in [0.25, 0.3) is 0 Å². The van der Waals surface area contributed by atoms with Gasteiger partial charge in [-0.2, -0.15) is 0 Å².